The fraction of sp³-hybridized carbons (Fsp3) is 0.364. The van der Waals surface area contributed by atoms with Gasteiger partial charge in [0.05, 0.1) is 0 Å². The van der Waals surface area contributed by atoms with Gasteiger partial charge in [0.2, 0.25) is 5.91 Å². The number of nitrogens with one attached hydrogen (secondary N) is 2. The molecule has 4 heteroatoms. The first kappa shape index (κ1) is 10.6. The maximum atomic E-state index is 11.7. The van der Waals surface area contributed by atoms with Gasteiger partial charge in [0.15, 0.2) is 0 Å². The Labute approximate surface area is 97.4 Å². The Balaban J connectivity index is 2.25. The second-order valence-corrected chi connectivity index (χ2v) is 4.52. The summed E-state index contributed by atoms with van der Waals surface area (Å²) in [7, 11) is 0. The van der Waals surface area contributed by atoms with E-state index in [0.717, 1.165) is 28.7 Å². The molecule has 3 nitrogen and oxygen atoms in total. The summed E-state index contributed by atoms with van der Waals surface area (Å²) in [4.78, 5) is 11.7. The lowest BCUT2D eigenvalue weighted by molar-refractivity contribution is -0.117. The zero-order valence-electron chi connectivity index (χ0n) is 8.51. The Morgan fingerprint density at radius 1 is 1.53 bits per heavy atom. The van der Waals surface area contributed by atoms with Crippen molar-refractivity contribution in [2.75, 3.05) is 11.9 Å². The van der Waals surface area contributed by atoms with E-state index in [0.29, 0.717) is 0 Å². The molecule has 0 aliphatic carbocycles. The van der Waals surface area contributed by atoms with Crippen LogP contribution in [0.5, 0.6) is 0 Å². The van der Waals surface area contributed by atoms with Gasteiger partial charge in [-0.05, 0) is 25.1 Å². The summed E-state index contributed by atoms with van der Waals surface area (Å²) in [6.45, 7) is 2.94. The molecular weight excluding hydrogens is 256 g/mol. The average molecular weight is 269 g/mol. The molecule has 2 N–H and O–H groups in total. The third kappa shape index (κ3) is 2.06. The summed E-state index contributed by atoms with van der Waals surface area (Å²) in [6, 6.07) is 5.68. The maximum Gasteiger partial charge on any atom is 0.246 e. The summed E-state index contributed by atoms with van der Waals surface area (Å²) in [5.41, 5.74) is 1.94. The van der Waals surface area contributed by atoms with Gasteiger partial charge in [-0.1, -0.05) is 28.9 Å². The summed E-state index contributed by atoms with van der Waals surface area (Å²) >= 11 is 3.39. The molecular formula is C11H13BrN2O. The molecule has 0 bridgehead atoms. The molecule has 0 fully saturated rings. The van der Waals surface area contributed by atoms with Crippen molar-refractivity contribution in [3.63, 3.8) is 0 Å². The van der Waals surface area contributed by atoms with E-state index >= 15 is 0 Å². The minimum atomic E-state index is -0.187. The SMILES string of the molecule is CCCNC1C(=O)Nc2cc(Br)ccc21. The van der Waals surface area contributed by atoms with Gasteiger partial charge in [0.1, 0.15) is 6.04 Å². The van der Waals surface area contributed by atoms with Crippen LogP contribution in [0.4, 0.5) is 5.69 Å². The first-order valence-corrected chi connectivity index (χ1v) is 5.85. The number of hydrogen-bond donors (Lipinski definition) is 2. The molecule has 1 amide bonds. The van der Waals surface area contributed by atoms with Crippen molar-refractivity contribution in [1.29, 1.82) is 0 Å². The minimum Gasteiger partial charge on any atom is -0.324 e. The van der Waals surface area contributed by atoms with Gasteiger partial charge in [-0.15, -0.1) is 0 Å². The molecule has 1 unspecified atom stereocenters. The summed E-state index contributed by atoms with van der Waals surface area (Å²) in [6.07, 6.45) is 1.02. The van der Waals surface area contributed by atoms with E-state index in [1.165, 1.54) is 0 Å². The number of benzene rings is 1. The van der Waals surface area contributed by atoms with Crippen molar-refractivity contribution in [2.24, 2.45) is 0 Å². The van der Waals surface area contributed by atoms with Crippen LogP contribution in [-0.4, -0.2) is 12.5 Å². The molecule has 2 rings (SSSR count). The monoisotopic (exact) mass is 268 g/mol. The van der Waals surface area contributed by atoms with Crippen molar-refractivity contribution in [3.05, 3.63) is 28.2 Å². The summed E-state index contributed by atoms with van der Waals surface area (Å²) in [5, 5.41) is 6.10. The zero-order chi connectivity index (χ0) is 10.8. The van der Waals surface area contributed by atoms with E-state index in [2.05, 4.69) is 33.5 Å². The third-order valence-corrected chi connectivity index (χ3v) is 2.94. The summed E-state index contributed by atoms with van der Waals surface area (Å²) in [5.74, 6) is 0.0385. The standard InChI is InChI=1S/C11H13BrN2O/c1-2-5-13-10-8-4-3-7(12)6-9(8)14-11(10)15/h3-4,6,10,13H,2,5H2,1H3,(H,14,15). The predicted molar refractivity (Wildman–Crippen MR) is 63.8 cm³/mol. The minimum absolute atomic E-state index is 0.0385. The van der Waals surface area contributed by atoms with Crippen LogP contribution in [0.2, 0.25) is 0 Å². The molecule has 1 aliphatic rings. The first-order valence-electron chi connectivity index (χ1n) is 5.06. The Bertz CT molecular complexity index is 392. The molecule has 0 aromatic heterocycles. The highest BCUT2D eigenvalue weighted by molar-refractivity contribution is 9.10. The molecule has 1 aromatic rings. The highest BCUT2D eigenvalue weighted by Crippen LogP contribution is 2.32. The van der Waals surface area contributed by atoms with Crippen LogP contribution in [0, 0.1) is 0 Å². The van der Waals surface area contributed by atoms with Gasteiger partial charge in [-0.3, -0.25) is 4.79 Å². The number of halogens is 1. The van der Waals surface area contributed by atoms with Crippen molar-refractivity contribution in [2.45, 2.75) is 19.4 Å². The third-order valence-electron chi connectivity index (χ3n) is 2.44. The largest absolute Gasteiger partial charge is 0.324 e. The molecule has 0 saturated heterocycles. The molecule has 1 aliphatic heterocycles. The number of carbonyl (C=O) groups excluding carboxylic acids is 1. The van der Waals surface area contributed by atoms with Crippen LogP contribution in [0.15, 0.2) is 22.7 Å². The van der Waals surface area contributed by atoms with Crippen LogP contribution >= 0.6 is 15.9 Å². The molecule has 15 heavy (non-hydrogen) atoms. The molecule has 1 heterocycles. The van der Waals surface area contributed by atoms with Crippen LogP contribution in [0.3, 0.4) is 0 Å². The van der Waals surface area contributed by atoms with E-state index in [1.807, 2.05) is 18.2 Å². The van der Waals surface area contributed by atoms with E-state index in [4.69, 9.17) is 0 Å². The van der Waals surface area contributed by atoms with Gasteiger partial charge in [-0.25, -0.2) is 0 Å². The number of carbonyl (C=O) groups is 1. The van der Waals surface area contributed by atoms with Crippen LogP contribution in [-0.2, 0) is 4.79 Å². The quantitative estimate of drug-likeness (QED) is 0.884. The fourth-order valence-electron chi connectivity index (χ4n) is 1.73. The maximum absolute atomic E-state index is 11.7. The van der Waals surface area contributed by atoms with Gasteiger partial charge >= 0.3 is 0 Å². The van der Waals surface area contributed by atoms with Crippen molar-refractivity contribution < 1.29 is 4.79 Å². The molecule has 80 valence electrons. The zero-order valence-corrected chi connectivity index (χ0v) is 10.1. The van der Waals surface area contributed by atoms with Crippen LogP contribution < -0.4 is 10.6 Å². The molecule has 1 atom stereocenters. The van der Waals surface area contributed by atoms with Crippen molar-refractivity contribution >= 4 is 27.5 Å². The number of rotatable bonds is 3. The van der Waals surface area contributed by atoms with Crippen molar-refractivity contribution in [1.82, 2.24) is 5.32 Å². The second-order valence-electron chi connectivity index (χ2n) is 3.61. The number of anilines is 1. The van der Waals surface area contributed by atoms with E-state index < -0.39 is 0 Å². The van der Waals surface area contributed by atoms with E-state index in [1.54, 1.807) is 0 Å². The number of amides is 1. The highest BCUT2D eigenvalue weighted by atomic mass is 79.9. The lowest BCUT2D eigenvalue weighted by atomic mass is 10.1. The topological polar surface area (TPSA) is 41.1 Å². The summed E-state index contributed by atoms with van der Waals surface area (Å²) < 4.78 is 0.984. The van der Waals surface area contributed by atoms with Gasteiger partial charge in [0, 0.05) is 15.7 Å². The number of hydrogen-bond acceptors (Lipinski definition) is 2. The van der Waals surface area contributed by atoms with Gasteiger partial charge in [0.25, 0.3) is 0 Å². The molecule has 0 saturated carbocycles. The van der Waals surface area contributed by atoms with Crippen molar-refractivity contribution in [3.8, 4) is 0 Å². The van der Waals surface area contributed by atoms with Gasteiger partial charge < -0.3 is 10.6 Å². The Kier molecular flexibility index (Phi) is 3.07. The Hall–Kier alpha value is -0.870. The second kappa shape index (κ2) is 4.33. The smallest absolute Gasteiger partial charge is 0.246 e. The molecule has 0 spiro atoms. The lowest BCUT2D eigenvalue weighted by Crippen LogP contribution is -2.27. The Morgan fingerprint density at radius 3 is 3.07 bits per heavy atom. The number of fused-ring (bicyclic) bond motifs is 1. The van der Waals surface area contributed by atoms with E-state index in [-0.39, 0.29) is 11.9 Å². The van der Waals surface area contributed by atoms with E-state index in [9.17, 15) is 4.79 Å². The lowest BCUT2D eigenvalue weighted by Gasteiger charge is -2.09. The highest BCUT2D eigenvalue weighted by Gasteiger charge is 2.29. The van der Waals surface area contributed by atoms with Crippen LogP contribution in [0.25, 0.3) is 0 Å². The van der Waals surface area contributed by atoms with Crippen LogP contribution in [0.1, 0.15) is 24.9 Å². The fourth-order valence-corrected chi connectivity index (χ4v) is 2.09. The molecule has 0 radical (unpaired) electrons. The Morgan fingerprint density at radius 2 is 2.33 bits per heavy atom. The predicted octanol–water partition coefficient (Wildman–Crippen LogP) is 2.44. The normalized spacial score (nSPS) is 18.8. The molecule has 1 aromatic carbocycles. The van der Waals surface area contributed by atoms with Gasteiger partial charge in [-0.2, -0.15) is 0 Å². The first-order chi connectivity index (χ1) is 7.22. The average Bonchev–Trinajstić information content (AvgIpc) is 2.50.